The van der Waals surface area contributed by atoms with Gasteiger partial charge in [0.25, 0.3) is 0 Å². The second-order valence-electron chi connectivity index (χ2n) is 7.02. The van der Waals surface area contributed by atoms with E-state index in [-0.39, 0.29) is 5.82 Å². The number of nitrogens with zero attached hydrogens (tertiary/aromatic N) is 2. The van der Waals surface area contributed by atoms with Crippen molar-refractivity contribution in [2.45, 2.75) is 50.7 Å². The highest BCUT2D eigenvalue weighted by Crippen LogP contribution is 2.40. The van der Waals surface area contributed by atoms with Gasteiger partial charge in [0.2, 0.25) is 5.89 Å². The lowest BCUT2D eigenvalue weighted by Crippen LogP contribution is -2.41. The molecule has 0 bridgehead atoms. The van der Waals surface area contributed by atoms with Crippen molar-refractivity contribution in [2.75, 3.05) is 0 Å². The highest BCUT2D eigenvalue weighted by atomic mass is 19.1. The maximum absolute atomic E-state index is 13.0. The van der Waals surface area contributed by atoms with Crippen molar-refractivity contribution < 1.29 is 18.7 Å². The number of aliphatic carboxylic acids is 1. The molecule has 2 aliphatic rings. The van der Waals surface area contributed by atoms with Crippen LogP contribution in [0.25, 0.3) is 11.5 Å². The zero-order valence-electron chi connectivity index (χ0n) is 13.9. The molecule has 1 saturated heterocycles. The minimum Gasteiger partial charge on any atom is -0.480 e. The number of fused-ring (bicyclic) bond motifs is 1. The lowest BCUT2D eigenvalue weighted by atomic mass is 9.85. The molecule has 1 N–H and O–H groups in total. The van der Waals surface area contributed by atoms with E-state index in [4.69, 9.17) is 4.42 Å². The van der Waals surface area contributed by atoms with Crippen LogP contribution in [0.3, 0.4) is 0 Å². The summed E-state index contributed by atoms with van der Waals surface area (Å²) in [5.74, 6) is -0.156. The molecular weight excluding hydrogens is 323 g/mol. The number of carboxylic acid groups (broad SMARTS) is 1. The zero-order chi connectivity index (χ0) is 17.4. The van der Waals surface area contributed by atoms with Crippen molar-refractivity contribution in [1.82, 2.24) is 9.88 Å². The van der Waals surface area contributed by atoms with Crippen LogP contribution >= 0.6 is 0 Å². The van der Waals surface area contributed by atoms with Crippen LogP contribution in [0.1, 0.15) is 37.8 Å². The number of rotatable bonds is 4. The number of likely N-dealkylation sites (tertiary alicyclic amines) is 1. The maximum Gasteiger partial charge on any atom is 0.320 e. The third kappa shape index (κ3) is 3.18. The summed E-state index contributed by atoms with van der Waals surface area (Å²) in [6, 6.07) is 5.86. The Morgan fingerprint density at radius 2 is 2.04 bits per heavy atom. The van der Waals surface area contributed by atoms with E-state index in [1.165, 1.54) is 18.6 Å². The fraction of sp³-hybridized carbons (Fsp3) is 0.474. The number of hydrogen-bond acceptors (Lipinski definition) is 4. The summed E-state index contributed by atoms with van der Waals surface area (Å²) in [7, 11) is 0. The van der Waals surface area contributed by atoms with Crippen LogP contribution in [0.5, 0.6) is 0 Å². The predicted molar refractivity (Wildman–Crippen MR) is 89.2 cm³/mol. The van der Waals surface area contributed by atoms with Gasteiger partial charge in [0, 0.05) is 18.2 Å². The molecule has 6 heteroatoms. The van der Waals surface area contributed by atoms with Gasteiger partial charge in [-0.25, -0.2) is 9.37 Å². The summed E-state index contributed by atoms with van der Waals surface area (Å²) < 4.78 is 18.6. The molecule has 0 spiro atoms. The van der Waals surface area contributed by atoms with Crippen LogP contribution in [0.2, 0.25) is 0 Å². The minimum absolute atomic E-state index is 0.305. The Morgan fingerprint density at radius 1 is 1.28 bits per heavy atom. The Balaban J connectivity index is 1.54. The highest BCUT2D eigenvalue weighted by Gasteiger charge is 2.45. The van der Waals surface area contributed by atoms with E-state index < -0.39 is 12.0 Å². The number of halogens is 1. The molecule has 1 saturated carbocycles. The van der Waals surface area contributed by atoms with Gasteiger partial charge in [-0.05, 0) is 49.4 Å². The van der Waals surface area contributed by atoms with Crippen molar-refractivity contribution in [2.24, 2.45) is 5.92 Å². The molecule has 25 heavy (non-hydrogen) atoms. The lowest BCUT2D eigenvalue weighted by molar-refractivity contribution is -0.142. The number of oxazole rings is 1. The largest absolute Gasteiger partial charge is 0.480 e. The molecule has 0 radical (unpaired) electrons. The minimum atomic E-state index is -0.753. The molecule has 2 aromatic rings. The van der Waals surface area contributed by atoms with Crippen molar-refractivity contribution in [1.29, 1.82) is 0 Å². The fourth-order valence-electron chi connectivity index (χ4n) is 4.31. The topological polar surface area (TPSA) is 66.6 Å². The van der Waals surface area contributed by atoms with Gasteiger partial charge in [-0.1, -0.05) is 12.8 Å². The number of carboxylic acids is 1. The van der Waals surface area contributed by atoms with E-state index in [0.717, 1.165) is 31.4 Å². The van der Waals surface area contributed by atoms with Crippen molar-refractivity contribution in [3.05, 3.63) is 42.0 Å². The Labute approximate surface area is 145 Å². The Morgan fingerprint density at radius 3 is 2.80 bits per heavy atom. The average Bonchev–Trinajstić information content (AvgIpc) is 3.21. The van der Waals surface area contributed by atoms with Crippen molar-refractivity contribution >= 4 is 5.97 Å². The first kappa shape index (κ1) is 16.3. The van der Waals surface area contributed by atoms with E-state index in [9.17, 15) is 14.3 Å². The van der Waals surface area contributed by atoms with E-state index >= 15 is 0 Å². The van der Waals surface area contributed by atoms with E-state index in [2.05, 4.69) is 9.88 Å². The van der Waals surface area contributed by atoms with E-state index in [1.54, 1.807) is 18.4 Å². The van der Waals surface area contributed by atoms with Crippen LogP contribution in [-0.4, -0.2) is 33.0 Å². The third-order valence-corrected chi connectivity index (χ3v) is 5.49. The standard InChI is InChI=1S/C19H21FN2O3/c20-14-7-5-12(6-8-14)18-21-15(11-25-18)10-22-16-4-2-1-3-13(16)9-17(22)19(23)24/h5-8,11,13,16-17H,1-4,9-10H2,(H,23,24)/t13-,16+,17+/m1/s1. The number of benzene rings is 1. The number of aromatic nitrogens is 1. The molecule has 5 nitrogen and oxygen atoms in total. The van der Waals surface area contributed by atoms with Crippen molar-refractivity contribution in [3.8, 4) is 11.5 Å². The average molecular weight is 344 g/mol. The lowest BCUT2D eigenvalue weighted by Gasteiger charge is -2.32. The molecule has 2 heterocycles. The summed E-state index contributed by atoms with van der Waals surface area (Å²) in [6.45, 7) is 0.475. The summed E-state index contributed by atoms with van der Waals surface area (Å²) in [4.78, 5) is 18.2. The van der Waals surface area contributed by atoms with Crippen molar-refractivity contribution in [3.63, 3.8) is 0 Å². The normalized spacial score (nSPS) is 26.5. The van der Waals surface area contributed by atoms with Gasteiger partial charge >= 0.3 is 5.97 Å². The van der Waals surface area contributed by atoms with Crippen LogP contribution in [-0.2, 0) is 11.3 Å². The first-order valence-corrected chi connectivity index (χ1v) is 8.80. The van der Waals surface area contributed by atoms with Gasteiger partial charge in [-0.2, -0.15) is 0 Å². The molecule has 2 fully saturated rings. The fourth-order valence-corrected chi connectivity index (χ4v) is 4.31. The van der Waals surface area contributed by atoms with Gasteiger partial charge < -0.3 is 9.52 Å². The van der Waals surface area contributed by atoms with Gasteiger partial charge in [-0.3, -0.25) is 9.69 Å². The molecule has 4 rings (SSSR count). The van der Waals surface area contributed by atoms with Crippen LogP contribution < -0.4 is 0 Å². The second kappa shape index (κ2) is 6.59. The summed E-state index contributed by atoms with van der Waals surface area (Å²) in [5, 5.41) is 9.60. The molecule has 132 valence electrons. The van der Waals surface area contributed by atoms with E-state index in [1.807, 2.05) is 0 Å². The summed E-state index contributed by atoms with van der Waals surface area (Å²) >= 11 is 0. The quantitative estimate of drug-likeness (QED) is 0.916. The monoisotopic (exact) mass is 344 g/mol. The number of carbonyl (C=O) groups is 1. The summed E-state index contributed by atoms with van der Waals surface area (Å²) in [5.41, 5.74) is 1.43. The first-order chi connectivity index (χ1) is 12.1. The molecule has 0 amide bonds. The van der Waals surface area contributed by atoms with Gasteiger partial charge in [0.05, 0.1) is 5.69 Å². The second-order valence-corrected chi connectivity index (χ2v) is 7.02. The van der Waals surface area contributed by atoms with Gasteiger partial charge in [0.1, 0.15) is 18.1 Å². The van der Waals surface area contributed by atoms with Crippen LogP contribution in [0.4, 0.5) is 4.39 Å². The molecule has 1 aromatic carbocycles. The van der Waals surface area contributed by atoms with E-state index in [0.29, 0.717) is 30.0 Å². The maximum atomic E-state index is 13.0. The van der Waals surface area contributed by atoms with Gasteiger partial charge in [0.15, 0.2) is 0 Å². The smallest absolute Gasteiger partial charge is 0.320 e. The zero-order valence-corrected chi connectivity index (χ0v) is 13.9. The van der Waals surface area contributed by atoms with Crippen LogP contribution in [0, 0.1) is 11.7 Å². The third-order valence-electron chi connectivity index (χ3n) is 5.49. The van der Waals surface area contributed by atoms with Gasteiger partial charge in [-0.15, -0.1) is 0 Å². The number of hydrogen-bond donors (Lipinski definition) is 1. The summed E-state index contributed by atoms with van der Waals surface area (Å²) in [6.07, 6.45) is 6.82. The molecular formula is C19H21FN2O3. The Hall–Kier alpha value is -2.21. The highest BCUT2D eigenvalue weighted by molar-refractivity contribution is 5.74. The Bertz CT molecular complexity index is 758. The molecule has 0 unspecified atom stereocenters. The predicted octanol–water partition coefficient (Wildman–Crippen LogP) is 3.70. The molecule has 3 atom stereocenters. The first-order valence-electron chi connectivity index (χ1n) is 8.80. The molecule has 1 aromatic heterocycles. The molecule has 1 aliphatic carbocycles. The SMILES string of the molecule is O=C(O)[C@@H]1C[C@H]2CCCC[C@@H]2N1Cc1coc(-c2ccc(F)cc2)n1. The Kier molecular flexibility index (Phi) is 4.29. The van der Waals surface area contributed by atoms with Crippen LogP contribution in [0.15, 0.2) is 34.9 Å². The molecule has 1 aliphatic heterocycles.